The molecule has 1 aromatic rings. The lowest BCUT2D eigenvalue weighted by Crippen LogP contribution is -2.47. The first-order chi connectivity index (χ1) is 12.4. The Balaban J connectivity index is 2.19. The van der Waals surface area contributed by atoms with Gasteiger partial charge in [0.05, 0.1) is 31.2 Å². The third kappa shape index (κ3) is 4.69. The number of hydrogen-bond donors (Lipinski definition) is 1. The van der Waals surface area contributed by atoms with Gasteiger partial charge in [0.1, 0.15) is 0 Å². The van der Waals surface area contributed by atoms with E-state index < -0.39 is 50.8 Å². The van der Waals surface area contributed by atoms with Gasteiger partial charge in [0.25, 0.3) is 0 Å². The molecule has 1 amide bonds. The molecule has 0 spiro atoms. The van der Waals surface area contributed by atoms with Crippen molar-refractivity contribution in [2.75, 3.05) is 19.8 Å². The Bertz CT molecular complexity index is 838. The quantitative estimate of drug-likeness (QED) is 0.338. The van der Waals surface area contributed by atoms with E-state index in [1.54, 1.807) is 6.92 Å². The van der Waals surface area contributed by atoms with Crippen molar-refractivity contribution in [1.82, 2.24) is 4.90 Å². The maximum absolute atomic E-state index is 12.4. The highest BCUT2D eigenvalue weighted by Crippen LogP contribution is 2.35. The largest absolute Gasteiger partial charge is 0.534 e. The van der Waals surface area contributed by atoms with Crippen molar-refractivity contribution in [3.63, 3.8) is 0 Å². The summed E-state index contributed by atoms with van der Waals surface area (Å²) in [5.74, 6) is -3.61. The predicted octanol–water partition coefficient (Wildman–Crippen LogP) is 1.44. The molecule has 150 valence electrons. The van der Waals surface area contributed by atoms with E-state index in [9.17, 15) is 36.3 Å². The average Bonchev–Trinajstić information content (AvgIpc) is 2.55. The van der Waals surface area contributed by atoms with Gasteiger partial charge in [-0.15, -0.1) is 0 Å². The van der Waals surface area contributed by atoms with Crippen LogP contribution in [0.25, 0.3) is 0 Å². The van der Waals surface area contributed by atoms with Crippen LogP contribution in [0, 0.1) is 0 Å². The smallest absolute Gasteiger partial charge is 0.504 e. The van der Waals surface area contributed by atoms with Gasteiger partial charge in [-0.3, -0.25) is 9.59 Å². The number of phenolic OH excluding ortho intramolecular Hbond substituents is 1. The molecule has 2 rings (SSSR count). The summed E-state index contributed by atoms with van der Waals surface area (Å²) in [6, 6.07) is 2.55. The number of ketones is 1. The highest BCUT2D eigenvalue weighted by molar-refractivity contribution is 7.88. The lowest BCUT2D eigenvalue weighted by molar-refractivity contribution is -0.138. The summed E-state index contributed by atoms with van der Waals surface area (Å²) in [5, 5.41) is 9.94. The molecule has 0 bridgehead atoms. The number of morpholine rings is 1. The minimum absolute atomic E-state index is 0.265. The number of aromatic hydroxyl groups is 1. The first kappa shape index (κ1) is 21.0. The maximum Gasteiger partial charge on any atom is 0.534 e. The van der Waals surface area contributed by atoms with Crippen LogP contribution >= 0.6 is 0 Å². The van der Waals surface area contributed by atoms with E-state index >= 15 is 0 Å². The fourth-order valence-electron chi connectivity index (χ4n) is 2.41. The maximum atomic E-state index is 12.4. The zero-order chi connectivity index (χ0) is 20.4. The Morgan fingerprint density at radius 2 is 2.04 bits per heavy atom. The fourth-order valence-corrected chi connectivity index (χ4v) is 2.88. The van der Waals surface area contributed by atoms with Crippen LogP contribution < -0.4 is 4.18 Å². The number of hydrogen-bond acceptors (Lipinski definition) is 7. The summed E-state index contributed by atoms with van der Waals surface area (Å²) in [6.07, 6.45) is -0.659. The number of amides is 1. The molecule has 1 atom stereocenters. The van der Waals surface area contributed by atoms with Crippen molar-refractivity contribution in [2.45, 2.75) is 24.9 Å². The molecule has 1 heterocycles. The Kier molecular flexibility index (Phi) is 6.00. The molecule has 1 aromatic carbocycles. The summed E-state index contributed by atoms with van der Waals surface area (Å²) in [5.41, 5.74) is -6.24. The van der Waals surface area contributed by atoms with E-state index in [-0.39, 0.29) is 12.6 Å². The lowest BCUT2D eigenvalue weighted by Gasteiger charge is -2.33. The van der Waals surface area contributed by atoms with Gasteiger partial charge in [-0.1, -0.05) is 6.07 Å². The van der Waals surface area contributed by atoms with Crippen LogP contribution in [-0.2, 0) is 19.6 Å². The van der Waals surface area contributed by atoms with Crippen molar-refractivity contribution in [3.8, 4) is 11.5 Å². The van der Waals surface area contributed by atoms with Crippen LogP contribution in [0.15, 0.2) is 18.2 Å². The van der Waals surface area contributed by atoms with Crippen molar-refractivity contribution in [1.29, 1.82) is 0 Å². The molecular weight excluding hydrogens is 395 g/mol. The zero-order valence-electron chi connectivity index (χ0n) is 14.0. The molecule has 12 heteroatoms. The zero-order valence-corrected chi connectivity index (χ0v) is 14.8. The van der Waals surface area contributed by atoms with Crippen LogP contribution in [0.4, 0.5) is 13.2 Å². The van der Waals surface area contributed by atoms with Crippen molar-refractivity contribution >= 4 is 21.8 Å². The van der Waals surface area contributed by atoms with E-state index in [1.165, 1.54) is 4.90 Å². The van der Waals surface area contributed by atoms with E-state index in [1.807, 2.05) is 0 Å². The summed E-state index contributed by atoms with van der Waals surface area (Å²) in [6.45, 7) is 2.58. The third-order valence-electron chi connectivity index (χ3n) is 3.78. The fraction of sp³-hybridized carbons (Fsp3) is 0.467. The van der Waals surface area contributed by atoms with E-state index in [2.05, 4.69) is 4.18 Å². The first-order valence-electron chi connectivity index (χ1n) is 7.67. The Morgan fingerprint density at radius 1 is 1.37 bits per heavy atom. The summed E-state index contributed by atoms with van der Waals surface area (Å²) in [4.78, 5) is 25.9. The lowest BCUT2D eigenvalue weighted by atomic mass is 10.1. The standard InChI is InChI=1S/C15H16F3NO7S/c1-9-8-25-6-5-19(9)13(21)7-11(20)10-3-2-4-12(14(10)22)26-27(23,24)15(16,17)18/h2-4,9,22H,5-8H2,1H3/t9-/m0/s1. The molecule has 0 aromatic heterocycles. The molecule has 0 unspecified atom stereocenters. The number of carbonyl (C=O) groups is 2. The van der Waals surface area contributed by atoms with E-state index in [0.29, 0.717) is 13.2 Å². The number of carbonyl (C=O) groups excluding carboxylic acids is 2. The predicted molar refractivity (Wildman–Crippen MR) is 84.7 cm³/mol. The van der Waals surface area contributed by atoms with Gasteiger partial charge in [-0.05, 0) is 19.1 Å². The number of alkyl halides is 3. The molecule has 27 heavy (non-hydrogen) atoms. The van der Waals surface area contributed by atoms with Crippen LogP contribution in [0.2, 0.25) is 0 Å². The number of ether oxygens (including phenoxy) is 1. The minimum Gasteiger partial charge on any atom is -0.504 e. The summed E-state index contributed by atoms with van der Waals surface area (Å²) >= 11 is 0. The second kappa shape index (κ2) is 7.72. The summed E-state index contributed by atoms with van der Waals surface area (Å²) in [7, 11) is -6.02. The summed E-state index contributed by atoms with van der Waals surface area (Å²) < 4.78 is 68.4. The number of para-hydroxylation sites is 1. The Labute approximate surface area is 152 Å². The molecule has 0 saturated carbocycles. The first-order valence-corrected chi connectivity index (χ1v) is 9.08. The Hall–Kier alpha value is -2.34. The van der Waals surface area contributed by atoms with E-state index in [4.69, 9.17) is 4.74 Å². The molecule has 1 N–H and O–H groups in total. The normalized spacial score (nSPS) is 18.2. The van der Waals surface area contributed by atoms with Gasteiger partial charge in [0.2, 0.25) is 5.91 Å². The molecule has 1 aliphatic heterocycles. The molecule has 8 nitrogen and oxygen atoms in total. The number of Topliss-reactive ketones (excluding diaryl/α,β-unsaturated/α-hetero) is 1. The molecule has 1 aliphatic rings. The van der Waals surface area contributed by atoms with Crippen LogP contribution in [0.1, 0.15) is 23.7 Å². The highest BCUT2D eigenvalue weighted by Gasteiger charge is 2.49. The van der Waals surface area contributed by atoms with Gasteiger partial charge in [-0.2, -0.15) is 21.6 Å². The Morgan fingerprint density at radius 3 is 2.63 bits per heavy atom. The van der Waals surface area contributed by atoms with Gasteiger partial charge in [-0.25, -0.2) is 0 Å². The van der Waals surface area contributed by atoms with Gasteiger partial charge < -0.3 is 18.9 Å². The topological polar surface area (TPSA) is 110 Å². The minimum atomic E-state index is -6.02. The molecule has 1 fully saturated rings. The average molecular weight is 411 g/mol. The number of nitrogens with zero attached hydrogens (tertiary/aromatic N) is 1. The molecule has 1 saturated heterocycles. The highest BCUT2D eigenvalue weighted by atomic mass is 32.2. The molecule has 0 radical (unpaired) electrons. The number of benzene rings is 1. The number of halogens is 3. The van der Waals surface area contributed by atoms with Gasteiger partial charge >= 0.3 is 15.6 Å². The van der Waals surface area contributed by atoms with E-state index in [0.717, 1.165) is 18.2 Å². The van der Waals surface area contributed by atoms with Gasteiger partial charge in [0.15, 0.2) is 17.3 Å². The van der Waals surface area contributed by atoms with Crippen molar-refractivity contribution in [2.24, 2.45) is 0 Å². The number of phenols is 1. The van der Waals surface area contributed by atoms with Gasteiger partial charge in [0, 0.05) is 6.54 Å². The monoisotopic (exact) mass is 411 g/mol. The van der Waals surface area contributed by atoms with Crippen molar-refractivity contribution in [3.05, 3.63) is 23.8 Å². The van der Waals surface area contributed by atoms with Crippen LogP contribution in [-0.4, -0.2) is 61.4 Å². The SMILES string of the molecule is C[C@H]1COCCN1C(=O)CC(=O)c1cccc(OS(=O)(=O)C(F)(F)F)c1O. The molecular formula is C15H16F3NO7S. The van der Waals surface area contributed by atoms with Crippen molar-refractivity contribution < 1.29 is 45.2 Å². The second-order valence-corrected chi connectivity index (χ2v) is 7.28. The second-order valence-electron chi connectivity index (χ2n) is 5.75. The van der Waals surface area contributed by atoms with Crippen LogP contribution in [0.3, 0.4) is 0 Å². The molecule has 0 aliphatic carbocycles. The van der Waals surface area contributed by atoms with Crippen LogP contribution in [0.5, 0.6) is 11.5 Å². The third-order valence-corrected chi connectivity index (χ3v) is 4.75. The number of rotatable bonds is 5.